The van der Waals surface area contributed by atoms with Crippen molar-refractivity contribution >= 4 is 5.91 Å². The van der Waals surface area contributed by atoms with Crippen molar-refractivity contribution in [2.75, 3.05) is 7.11 Å². The van der Waals surface area contributed by atoms with Crippen LogP contribution >= 0.6 is 0 Å². The molecule has 0 saturated heterocycles. The van der Waals surface area contributed by atoms with Gasteiger partial charge in [0.05, 0.1) is 6.61 Å². The van der Waals surface area contributed by atoms with E-state index in [1.807, 2.05) is 12.1 Å². The van der Waals surface area contributed by atoms with Gasteiger partial charge in [0, 0.05) is 12.7 Å². The van der Waals surface area contributed by atoms with Crippen LogP contribution in [-0.4, -0.2) is 13.0 Å². The molecule has 3 nitrogen and oxygen atoms in total. The summed E-state index contributed by atoms with van der Waals surface area (Å²) >= 11 is 0. The number of carbonyl (C=O) groups is 1. The van der Waals surface area contributed by atoms with Crippen LogP contribution in [0, 0.1) is 5.82 Å². The fourth-order valence-electron chi connectivity index (χ4n) is 2.16. The molecule has 20 heavy (non-hydrogen) atoms. The van der Waals surface area contributed by atoms with Crippen molar-refractivity contribution < 1.29 is 13.9 Å². The second-order valence-electron chi connectivity index (χ2n) is 4.60. The third-order valence-corrected chi connectivity index (χ3v) is 3.03. The molecule has 0 atom stereocenters. The molecule has 0 aliphatic carbocycles. The van der Waals surface area contributed by atoms with Crippen LogP contribution in [-0.2, 0) is 17.8 Å². The number of carbonyl (C=O) groups excluding carboxylic acids is 1. The topological polar surface area (TPSA) is 52.3 Å². The second-order valence-corrected chi connectivity index (χ2v) is 4.60. The maximum absolute atomic E-state index is 13.2. The number of rotatable bonds is 5. The predicted octanol–water partition coefficient (Wildman–Crippen LogP) is 2.66. The largest absolute Gasteiger partial charge is 0.380 e. The molecule has 1 amide bonds. The standard InChI is InChI=1S/C16H16FNO2/c1-20-10-12-5-6-15(16(18)19)13(8-12)7-11-3-2-4-14(17)9-11/h2-6,8-9H,7,10H2,1H3,(H2,18,19). The monoisotopic (exact) mass is 273 g/mol. The van der Waals surface area contributed by atoms with Crippen LogP contribution in [0.3, 0.4) is 0 Å². The van der Waals surface area contributed by atoms with Crippen LogP contribution in [0.1, 0.15) is 27.0 Å². The molecule has 4 heteroatoms. The van der Waals surface area contributed by atoms with Gasteiger partial charge in [-0.15, -0.1) is 0 Å². The predicted molar refractivity (Wildman–Crippen MR) is 74.9 cm³/mol. The molecule has 0 bridgehead atoms. The summed E-state index contributed by atoms with van der Waals surface area (Å²) < 4.78 is 18.3. The summed E-state index contributed by atoms with van der Waals surface area (Å²) in [6.07, 6.45) is 0.452. The Kier molecular flexibility index (Phi) is 4.48. The van der Waals surface area contributed by atoms with Gasteiger partial charge in [0.1, 0.15) is 5.82 Å². The van der Waals surface area contributed by atoms with Crippen LogP contribution in [0.25, 0.3) is 0 Å². The van der Waals surface area contributed by atoms with Gasteiger partial charge in [-0.3, -0.25) is 4.79 Å². The normalized spacial score (nSPS) is 10.5. The van der Waals surface area contributed by atoms with Crippen LogP contribution < -0.4 is 5.73 Å². The summed E-state index contributed by atoms with van der Waals surface area (Å²) in [5.74, 6) is -0.781. The smallest absolute Gasteiger partial charge is 0.248 e. The molecule has 2 rings (SSSR count). The average molecular weight is 273 g/mol. The number of hydrogen-bond donors (Lipinski definition) is 1. The SMILES string of the molecule is COCc1ccc(C(N)=O)c(Cc2cccc(F)c2)c1. The Bertz CT molecular complexity index is 626. The lowest BCUT2D eigenvalue weighted by molar-refractivity contribution is 0.0999. The Balaban J connectivity index is 2.36. The molecule has 0 spiro atoms. The fraction of sp³-hybridized carbons (Fsp3) is 0.188. The first-order valence-corrected chi connectivity index (χ1v) is 6.25. The molecule has 0 radical (unpaired) electrons. The van der Waals surface area contributed by atoms with Gasteiger partial charge >= 0.3 is 0 Å². The van der Waals surface area contributed by atoms with E-state index in [9.17, 15) is 9.18 Å². The van der Waals surface area contributed by atoms with Crippen molar-refractivity contribution in [3.63, 3.8) is 0 Å². The van der Waals surface area contributed by atoms with Crippen LogP contribution in [0.2, 0.25) is 0 Å². The lowest BCUT2D eigenvalue weighted by Gasteiger charge is -2.10. The van der Waals surface area contributed by atoms with Gasteiger partial charge in [-0.05, 0) is 41.3 Å². The first-order valence-electron chi connectivity index (χ1n) is 6.25. The van der Waals surface area contributed by atoms with Gasteiger partial charge in [0.15, 0.2) is 0 Å². The molecule has 104 valence electrons. The van der Waals surface area contributed by atoms with Crippen molar-refractivity contribution in [1.82, 2.24) is 0 Å². The molecule has 0 aliphatic rings. The van der Waals surface area contributed by atoms with Crippen molar-refractivity contribution in [3.8, 4) is 0 Å². The van der Waals surface area contributed by atoms with Crippen molar-refractivity contribution in [2.45, 2.75) is 13.0 Å². The highest BCUT2D eigenvalue weighted by molar-refractivity contribution is 5.94. The molecule has 0 fully saturated rings. The molecule has 0 unspecified atom stereocenters. The van der Waals surface area contributed by atoms with Crippen molar-refractivity contribution in [3.05, 3.63) is 70.5 Å². The molecular weight excluding hydrogens is 257 g/mol. The molecule has 0 saturated carbocycles. The quantitative estimate of drug-likeness (QED) is 0.910. The van der Waals surface area contributed by atoms with Crippen LogP contribution in [0.5, 0.6) is 0 Å². The van der Waals surface area contributed by atoms with Gasteiger partial charge in [0.25, 0.3) is 0 Å². The van der Waals surface area contributed by atoms with Gasteiger partial charge < -0.3 is 10.5 Å². The Hall–Kier alpha value is -2.20. The molecule has 0 aliphatic heterocycles. The number of methoxy groups -OCH3 is 1. The summed E-state index contributed by atoms with van der Waals surface area (Å²) in [4.78, 5) is 11.5. The highest BCUT2D eigenvalue weighted by Gasteiger charge is 2.10. The first-order chi connectivity index (χ1) is 9.60. The minimum Gasteiger partial charge on any atom is -0.380 e. The second kappa shape index (κ2) is 6.30. The van der Waals surface area contributed by atoms with E-state index in [4.69, 9.17) is 10.5 Å². The van der Waals surface area contributed by atoms with E-state index >= 15 is 0 Å². The highest BCUT2D eigenvalue weighted by Crippen LogP contribution is 2.17. The zero-order valence-electron chi connectivity index (χ0n) is 11.2. The van der Waals surface area contributed by atoms with Gasteiger partial charge in [0.2, 0.25) is 5.91 Å². The minimum absolute atomic E-state index is 0.295. The molecule has 2 aromatic carbocycles. The number of nitrogens with two attached hydrogens (primary N) is 1. The number of hydrogen-bond acceptors (Lipinski definition) is 2. The number of benzene rings is 2. The average Bonchev–Trinajstić information content (AvgIpc) is 2.39. The van der Waals surface area contributed by atoms with E-state index in [0.717, 1.165) is 16.7 Å². The maximum atomic E-state index is 13.2. The highest BCUT2D eigenvalue weighted by atomic mass is 19.1. The number of primary amides is 1. The fourth-order valence-corrected chi connectivity index (χ4v) is 2.16. The van der Waals surface area contributed by atoms with E-state index in [0.29, 0.717) is 18.6 Å². The number of ether oxygens (including phenoxy) is 1. The van der Waals surface area contributed by atoms with E-state index in [-0.39, 0.29) is 5.82 Å². The van der Waals surface area contributed by atoms with E-state index in [2.05, 4.69) is 0 Å². The van der Waals surface area contributed by atoms with Gasteiger partial charge in [-0.2, -0.15) is 0 Å². The molecule has 0 aromatic heterocycles. The summed E-state index contributed by atoms with van der Waals surface area (Å²) in [6, 6.07) is 11.7. The van der Waals surface area contributed by atoms with E-state index < -0.39 is 5.91 Å². The lowest BCUT2D eigenvalue weighted by Crippen LogP contribution is -2.14. The Labute approximate surface area is 117 Å². The maximum Gasteiger partial charge on any atom is 0.248 e. The Morgan fingerprint density at radius 3 is 2.65 bits per heavy atom. The Morgan fingerprint density at radius 1 is 1.20 bits per heavy atom. The van der Waals surface area contributed by atoms with E-state index in [1.165, 1.54) is 12.1 Å². The van der Waals surface area contributed by atoms with Crippen molar-refractivity contribution in [2.24, 2.45) is 5.73 Å². The zero-order chi connectivity index (χ0) is 14.5. The summed E-state index contributed by atoms with van der Waals surface area (Å²) in [5, 5.41) is 0. The number of amides is 1. The summed E-state index contributed by atoms with van der Waals surface area (Å²) in [6.45, 7) is 0.454. The minimum atomic E-state index is -0.486. The van der Waals surface area contributed by atoms with Gasteiger partial charge in [-0.25, -0.2) is 4.39 Å². The van der Waals surface area contributed by atoms with E-state index in [1.54, 1.807) is 25.3 Å². The zero-order valence-corrected chi connectivity index (χ0v) is 11.2. The lowest BCUT2D eigenvalue weighted by atomic mass is 9.97. The summed E-state index contributed by atoms with van der Waals surface area (Å²) in [5.41, 5.74) is 8.35. The van der Waals surface area contributed by atoms with Crippen LogP contribution in [0.4, 0.5) is 4.39 Å². The number of halogens is 1. The first kappa shape index (κ1) is 14.2. The Morgan fingerprint density at radius 2 is 2.00 bits per heavy atom. The molecule has 2 aromatic rings. The van der Waals surface area contributed by atoms with Gasteiger partial charge in [-0.1, -0.05) is 24.3 Å². The third-order valence-electron chi connectivity index (χ3n) is 3.03. The van der Waals surface area contributed by atoms with Crippen molar-refractivity contribution in [1.29, 1.82) is 0 Å². The van der Waals surface area contributed by atoms with Crippen LogP contribution in [0.15, 0.2) is 42.5 Å². The molecular formula is C16H16FNO2. The molecule has 2 N–H and O–H groups in total. The third kappa shape index (κ3) is 3.42. The molecule has 0 heterocycles. The summed E-state index contributed by atoms with van der Waals surface area (Å²) in [7, 11) is 1.61.